The van der Waals surface area contributed by atoms with Crippen LogP contribution in [0.4, 0.5) is 0 Å². The number of carboxylic acids is 1. The van der Waals surface area contributed by atoms with Crippen molar-refractivity contribution in [1.29, 1.82) is 0 Å². The molecule has 0 saturated carbocycles. The third-order valence-electron chi connectivity index (χ3n) is 3.63. The van der Waals surface area contributed by atoms with E-state index in [0.29, 0.717) is 12.8 Å². The van der Waals surface area contributed by atoms with Crippen LogP contribution in [0.5, 0.6) is 0 Å². The summed E-state index contributed by atoms with van der Waals surface area (Å²) in [4.78, 5) is 10.6. The van der Waals surface area contributed by atoms with Crippen LogP contribution in [0.2, 0.25) is 0 Å². The van der Waals surface area contributed by atoms with Crippen LogP contribution >= 0.6 is 0 Å². The van der Waals surface area contributed by atoms with Gasteiger partial charge in [0.2, 0.25) is 0 Å². The van der Waals surface area contributed by atoms with E-state index in [1.165, 1.54) is 4.70 Å². The molecule has 4 nitrogen and oxygen atoms in total. The van der Waals surface area contributed by atoms with E-state index in [2.05, 4.69) is 6.58 Å². The Morgan fingerprint density at radius 2 is 2.00 bits per heavy atom. The summed E-state index contributed by atoms with van der Waals surface area (Å²) < 4.78 is 1.38. The van der Waals surface area contributed by atoms with E-state index in [1.807, 2.05) is 20.8 Å². The summed E-state index contributed by atoms with van der Waals surface area (Å²) in [6.07, 6.45) is 2.83. The summed E-state index contributed by atoms with van der Waals surface area (Å²) in [5.74, 6) is -0.953. The van der Waals surface area contributed by atoms with Crippen LogP contribution in [0.25, 0.3) is 5.53 Å². The number of rotatable bonds is 4. The second-order valence-electron chi connectivity index (χ2n) is 5.53. The Morgan fingerprint density at radius 1 is 1.44 bits per heavy atom. The van der Waals surface area contributed by atoms with Crippen LogP contribution in [-0.2, 0) is 4.79 Å². The van der Waals surface area contributed by atoms with Crippen molar-refractivity contribution in [2.45, 2.75) is 57.5 Å². The van der Waals surface area contributed by atoms with Gasteiger partial charge in [0.05, 0.1) is 0 Å². The largest absolute Gasteiger partial charge is 0.506 e. The van der Waals surface area contributed by atoms with Crippen molar-refractivity contribution in [3.8, 4) is 0 Å². The molecule has 0 aliphatic carbocycles. The van der Waals surface area contributed by atoms with E-state index >= 15 is 0 Å². The predicted octanol–water partition coefficient (Wildman–Crippen LogP) is 2.77. The quantitative estimate of drug-likeness (QED) is 0.589. The van der Waals surface area contributed by atoms with Crippen LogP contribution in [0.3, 0.4) is 0 Å². The average molecular weight is 224 g/mol. The lowest BCUT2D eigenvalue weighted by atomic mass is 9.92. The zero-order valence-corrected chi connectivity index (χ0v) is 10.3. The maximum Gasteiger partial charge on any atom is 0.330 e. The fourth-order valence-electron chi connectivity index (χ4n) is 2.28. The van der Waals surface area contributed by atoms with E-state index in [0.717, 1.165) is 12.8 Å². The highest BCUT2D eigenvalue weighted by atomic mass is 16.4. The lowest BCUT2D eigenvalue weighted by molar-refractivity contribution is -0.662. The Balaban J connectivity index is 2.65. The summed E-state index contributed by atoms with van der Waals surface area (Å²) >= 11 is 0. The summed E-state index contributed by atoms with van der Waals surface area (Å²) in [6, 6.07) is 0. The number of nitrogens with zero attached hydrogens (tertiary/aromatic N) is 2. The molecule has 1 atom stereocenters. The predicted molar refractivity (Wildman–Crippen MR) is 61.3 cm³/mol. The number of carboxylic acid groups (broad SMARTS) is 1. The molecule has 90 valence electrons. The Kier molecular flexibility index (Phi) is 3.22. The van der Waals surface area contributed by atoms with Crippen LogP contribution in [-0.4, -0.2) is 26.9 Å². The van der Waals surface area contributed by atoms with E-state index in [-0.39, 0.29) is 16.7 Å². The minimum absolute atomic E-state index is 0.208. The Labute approximate surface area is 96.5 Å². The molecule has 4 heteroatoms. The van der Waals surface area contributed by atoms with Crippen LogP contribution in [0.15, 0.2) is 12.2 Å². The second kappa shape index (κ2) is 4.00. The van der Waals surface area contributed by atoms with Gasteiger partial charge in [0.1, 0.15) is 11.1 Å². The summed E-state index contributed by atoms with van der Waals surface area (Å²) in [5, 5.41) is 8.73. The van der Waals surface area contributed by atoms with E-state index in [9.17, 15) is 10.3 Å². The van der Waals surface area contributed by atoms with Gasteiger partial charge in [-0.25, -0.2) is 4.79 Å². The zero-order chi connectivity index (χ0) is 12.6. The number of hydrogen-bond acceptors (Lipinski definition) is 1. The molecule has 1 aliphatic rings. The van der Waals surface area contributed by atoms with Crippen LogP contribution in [0.1, 0.15) is 46.5 Å². The molecule has 0 aromatic heterocycles. The Bertz CT molecular complexity index is 347. The molecule has 16 heavy (non-hydrogen) atoms. The second-order valence-corrected chi connectivity index (χ2v) is 5.53. The molecular formula is C12H20N2O2. The maximum atomic E-state index is 10.6. The van der Waals surface area contributed by atoms with Crippen LogP contribution < -0.4 is 0 Å². The van der Waals surface area contributed by atoms with E-state index in [1.54, 1.807) is 0 Å². The minimum Gasteiger partial charge on any atom is -0.506 e. The molecular weight excluding hydrogens is 204 g/mol. The molecule has 0 aromatic carbocycles. The molecule has 1 saturated heterocycles. The van der Waals surface area contributed by atoms with Gasteiger partial charge in [-0.05, 0) is 27.2 Å². The lowest BCUT2D eigenvalue weighted by Gasteiger charge is -2.29. The van der Waals surface area contributed by atoms with Crippen molar-refractivity contribution in [1.82, 2.24) is 0 Å². The molecule has 1 fully saturated rings. The summed E-state index contributed by atoms with van der Waals surface area (Å²) in [5.41, 5.74) is 9.74. The first-order valence-electron chi connectivity index (χ1n) is 5.59. The van der Waals surface area contributed by atoms with Gasteiger partial charge >= 0.3 is 5.97 Å². The fraction of sp³-hybridized carbons (Fsp3) is 0.750. The van der Waals surface area contributed by atoms with Crippen molar-refractivity contribution < 1.29 is 14.6 Å². The summed E-state index contributed by atoms with van der Waals surface area (Å²) in [7, 11) is 0. The molecule has 0 radical (unpaired) electrons. The Morgan fingerprint density at radius 3 is 2.38 bits per heavy atom. The zero-order valence-electron chi connectivity index (χ0n) is 10.3. The highest BCUT2D eigenvalue weighted by Crippen LogP contribution is 2.39. The Hall–Kier alpha value is -1.19. The SMILES string of the molecule is C=C(CCC1(C)CCC(C)(C)[N+]1=[N-])C(=O)O. The smallest absolute Gasteiger partial charge is 0.330 e. The van der Waals surface area contributed by atoms with E-state index in [4.69, 9.17) is 5.11 Å². The van der Waals surface area contributed by atoms with Gasteiger partial charge in [-0.2, -0.15) is 0 Å². The van der Waals surface area contributed by atoms with Gasteiger partial charge in [0.15, 0.2) is 0 Å². The van der Waals surface area contributed by atoms with Gasteiger partial charge in [0, 0.05) is 24.8 Å². The molecule has 0 aromatic rings. The summed E-state index contributed by atoms with van der Waals surface area (Å²) in [6.45, 7) is 9.46. The van der Waals surface area contributed by atoms with E-state index < -0.39 is 5.97 Å². The fourth-order valence-corrected chi connectivity index (χ4v) is 2.28. The molecule has 1 rings (SSSR count). The molecule has 1 unspecified atom stereocenters. The standard InChI is InChI=1S/C12H20N2O2/c1-9(10(15)16)5-6-12(4)8-7-11(2,3)14(12)13/h1,5-8H2,2-4H3,(H,15,16). The molecule has 0 amide bonds. The van der Waals surface area contributed by atoms with Crippen molar-refractivity contribution in [3.63, 3.8) is 0 Å². The molecule has 1 heterocycles. The monoisotopic (exact) mass is 224 g/mol. The van der Waals surface area contributed by atoms with Crippen molar-refractivity contribution in [2.24, 2.45) is 0 Å². The van der Waals surface area contributed by atoms with Crippen molar-refractivity contribution >= 4 is 5.97 Å². The first kappa shape index (κ1) is 12.9. The third-order valence-corrected chi connectivity index (χ3v) is 3.63. The first-order valence-corrected chi connectivity index (χ1v) is 5.59. The lowest BCUT2D eigenvalue weighted by Crippen LogP contribution is -2.40. The number of hydrogen-bond donors (Lipinski definition) is 1. The molecule has 0 bridgehead atoms. The highest BCUT2D eigenvalue weighted by molar-refractivity contribution is 5.85. The third kappa shape index (κ3) is 2.31. The number of aliphatic carboxylic acids is 1. The first-order chi connectivity index (χ1) is 7.19. The van der Waals surface area contributed by atoms with Gasteiger partial charge in [0.25, 0.3) is 0 Å². The van der Waals surface area contributed by atoms with Crippen molar-refractivity contribution in [3.05, 3.63) is 17.7 Å². The van der Waals surface area contributed by atoms with Gasteiger partial charge in [-0.1, -0.05) is 6.58 Å². The highest BCUT2D eigenvalue weighted by Gasteiger charge is 2.48. The van der Waals surface area contributed by atoms with Gasteiger partial charge in [-0.3, -0.25) is 0 Å². The van der Waals surface area contributed by atoms with Gasteiger partial charge < -0.3 is 15.3 Å². The minimum atomic E-state index is -0.953. The average Bonchev–Trinajstić information content (AvgIpc) is 2.40. The molecule has 1 aliphatic heterocycles. The van der Waals surface area contributed by atoms with Crippen LogP contribution in [0, 0.1) is 0 Å². The number of carbonyl (C=O) groups is 1. The van der Waals surface area contributed by atoms with Crippen molar-refractivity contribution in [2.75, 3.05) is 0 Å². The van der Waals surface area contributed by atoms with Gasteiger partial charge in [-0.15, -0.1) is 0 Å². The maximum absolute atomic E-state index is 10.6. The molecule has 0 spiro atoms. The topological polar surface area (TPSA) is 62.6 Å². The molecule has 1 N–H and O–H groups in total. The normalized spacial score (nSPS) is 28.1.